The number of urea groups is 1. The van der Waals surface area contributed by atoms with Crippen LogP contribution in [0, 0.1) is 0 Å². The third-order valence-corrected chi connectivity index (χ3v) is 4.44. The standard InChI is InChI=1S/C18H19N7O4/c1-23-10-13(15(22-23)25-7-6-24(8-9-26)18(25)28)20-16(27)14-11-29-17(21-14)12-2-4-19-5-3-12/h2-5,10-11,26H,6-9H2,1H3,(H,20,27). The highest BCUT2D eigenvalue weighted by Gasteiger charge is 2.33. The van der Waals surface area contributed by atoms with Gasteiger partial charge in [0.05, 0.1) is 12.8 Å². The highest BCUT2D eigenvalue weighted by atomic mass is 16.3. The number of aromatic nitrogens is 4. The van der Waals surface area contributed by atoms with Gasteiger partial charge in [-0.05, 0) is 12.1 Å². The predicted molar refractivity (Wildman–Crippen MR) is 102 cm³/mol. The zero-order valence-electron chi connectivity index (χ0n) is 15.6. The molecule has 0 aliphatic carbocycles. The van der Waals surface area contributed by atoms with Crippen LogP contribution >= 0.6 is 0 Å². The van der Waals surface area contributed by atoms with Gasteiger partial charge >= 0.3 is 6.03 Å². The van der Waals surface area contributed by atoms with Crippen molar-refractivity contribution in [3.63, 3.8) is 0 Å². The van der Waals surface area contributed by atoms with Crippen LogP contribution in [0.3, 0.4) is 0 Å². The Hall–Kier alpha value is -3.73. The van der Waals surface area contributed by atoms with Gasteiger partial charge in [0.15, 0.2) is 11.5 Å². The van der Waals surface area contributed by atoms with E-state index in [2.05, 4.69) is 20.4 Å². The van der Waals surface area contributed by atoms with Gasteiger partial charge in [-0.15, -0.1) is 0 Å². The number of aryl methyl sites for hydroxylation is 1. The van der Waals surface area contributed by atoms with Crippen molar-refractivity contribution >= 4 is 23.4 Å². The van der Waals surface area contributed by atoms with Gasteiger partial charge in [-0.3, -0.25) is 19.4 Å². The number of β-amino-alcohol motifs (C(OH)–C–C–N with tert-alkyl or cyclic N) is 1. The number of pyridine rings is 1. The summed E-state index contributed by atoms with van der Waals surface area (Å²) in [6, 6.07) is 3.18. The van der Waals surface area contributed by atoms with Crippen LogP contribution in [0.4, 0.5) is 16.3 Å². The first kappa shape index (κ1) is 18.6. The molecule has 1 aliphatic heterocycles. The second-order valence-corrected chi connectivity index (χ2v) is 6.41. The molecular weight excluding hydrogens is 378 g/mol. The topological polar surface area (TPSA) is 130 Å². The molecule has 0 unspecified atom stereocenters. The largest absolute Gasteiger partial charge is 0.444 e. The van der Waals surface area contributed by atoms with E-state index in [0.717, 1.165) is 0 Å². The van der Waals surface area contributed by atoms with E-state index in [-0.39, 0.29) is 24.9 Å². The minimum Gasteiger partial charge on any atom is -0.444 e. The van der Waals surface area contributed by atoms with Crippen molar-refractivity contribution in [2.45, 2.75) is 0 Å². The quantitative estimate of drug-likeness (QED) is 0.633. The van der Waals surface area contributed by atoms with E-state index in [9.17, 15) is 9.59 Å². The number of carbonyl (C=O) groups excluding carboxylic acids is 2. The summed E-state index contributed by atoms with van der Waals surface area (Å²) in [5.41, 5.74) is 1.18. The Balaban J connectivity index is 1.53. The van der Waals surface area contributed by atoms with Crippen molar-refractivity contribution in [2.75, 3.05) is 36.5 Å². The molecular formula is C18H19N7O4. The lowest BCUT2D eigenvalue weighted by Crippen LogP contribution is -2.34. The summed E-state index contributed by atoms with van der Waals surface area (Å²) >= 11 is 0. The second-order valence-electron chi connectivity index (χ2n) is 6.41. The van der Waals surface area contributed by atoms with Crippen LogP contribution in [0.5, 0.6) is 0 Å². The van der Waals surface area contributed by atoms with Crippen molar-refractivity contribution in [3.8, 4) is 11.5 Å². The Kier molecular flexibility index (Phi) is 4.96. The highest BCUT2D eigenvalue weighted by Crippen LogP contribution is 2.28. The summed E-state index contributed by atoms with van der Waals surface area (Å²) < 4.78 is 6.90. The molecule has 0 spiro atoms. The molecule has 0 aromatic carbocycles. The van der Waals surface area contributed by atoms with E-state index in [0.29, 0.717) is 36.0 Å². The third kappa shape index (κ3) is 3.67. The number of aliphatic hydroxyl groups excluding tert-OH is 1. The molecule has 29 heavy (non-hydrogen) atoms. The Morgan fingerprint density at radius 2 is 2.10 bits per heavy atom. The van der Waals surface area contributed by atoms with Crippen molar-refractivity contribution in [1.29, 1.82) is 0 Å². The summed E-state index contributed by atoms with van der Waals surface area (Å²) in [6.07, 6.45) is 6.09. The first-order valence-electron chi connectivity index (χ1n) is 8.95. The molecule has 4 rings (SSSR count). The molecule has 4 heterocycles. The van der Waals surface area contributed by atoms with Crippen LogP contribution in [0.25, 0.3) is 11.5 Å². The van der Waals surface area contributed by atoms with Crippen molar-refractivity contribution in [3.05, 3.63) is 42.7 Å². The molecule has 11 nitrogen and oxygen atoms in total. The molecule has 3 amide bonds. The van der Waals surface area contributed by atoms with Crippen LogP contribution in [0.1, 0.15) is 10.5 Å². The number of nitrogens with one attached hydrogen (secondary N) is 1. The average Bonchev–Trinajstić information content (AvgIpc) is 3.43. The third-order valence-electron chi connectivity index (χ3n) is 4.44. The smallest absolute Gasteiger partial charge is 0.325 e. The van der Waals surface area contributed by atoms with E-state index in [1.165, 1.54) is 20.7 Å². The van der Waals surface area contributed by atoms with Crippen LogP contribution in [0.2, 0.25) is 0 Å². The zero-order chi connectivity index (χ0) is 20.4. The maximum atomic E-state index is 12.7. The fourth-order valence-electron chi connectivity index (χ4n) is 3.06. The minimum atomic E-state index is -0.484. The molecule has 0 radical (unpaired) electrons. The number of aliphatic hydroxyl groups is 1. The molecule has 2 N–H and O–H groups in total. The SMILES string of the molecule is Cn1cc(NC(=O)c2coc(-c3ccncc3)n2)c(N2CCN(CCO)C2=O)n1. The summed E-state index contributed by atoms with van der Waals surface area (Å²) in [5.74, 6) is 0.157. The predicted octanol–water partition coefficient (Wildman–Crippen LogP) is 0.957. The van der Waals surface area contributed by atoms with Gasteiger partial charge in [0, 0.05) is 44.6 Å². The number of anilines is 2. The van der Waals surface area contributed by atoms with E-state index < -0.39 is 5.91 Å². The Labute approximate surface area is 165 Å². The number of rotatable bonds is 6. The number of hydrogen-bond donors (Lipinski definition) is 2. The lowest BCUT2D eigenvalue weighted by atomic mass is 10.3. The maximum absolute atomic E-state index is 12.7. The highest BCUT2D eigenvalue weighted by molar-refractivity contribution is 6.06. The molecule has 0 saturated carbocycles. The molecule has 1 saturated heterocycles. The average molecular weight is 397 g/mol. The Morgan fingerprint density at radius 1 is 1.31 bits per heavy atom. The van der Waals surface area contributed by atoms with Gasteiger partial charge in [-0.25, -0.2) is 9.78 Å². The Morgan fingerprint density at radius 3 is 2.86 bits per heavy atom. The van der Waals surface area contributed by atoms with Crippen LogP contribution in [0.15, 0.2) is 41.4 Å². The van der Waals surface area contributed by atoms with Gasteiger partial charge in [-0.2, -0.15) is 5.10 Å². The zero-order valence-corrected chi connectivity index (χ0v) is 15.6. The van der Waals surface area contributed by atoms with Gasteiger partial charge in [0.2, 0.25) is 5.89 Å². The fourth-order valence-corrected chi connectivity index (χ4v) is 3.06. The number of carbonyl (C=O) groups is 2. The van der Waals surface area contributed by atoms with Crippen molar-refractivity contribution < 1.29 is 19.1 Å². The summed E-state index contributed by atoms with van der Waals surface area (Å²) in [4.78, 5) is 36.3. The summed E-state index contributed by atoms with van der Waals surface area (Å²) in [5, 5.41) is 16.1. The fraction of sp³-hybridized carbons (Fsp3) is 0.278. The molecule has 1 aliphatic rings. The molecule has 3 aromatic heterocycles. The van der Waals surface area contributed by atoms with Crippen LogP contribution < -0.4 is 10.2 Å². The van der Waals surface area contributed by atoms with Crippen LogP contribution in [-0.4, -0.2) is 67.9 Å². The van der Waals surface area contributed by atoms with Crippen LogP contribution in [-0.2, 0) is 7.05 Å². The van der Waals surface area contributed by atoms with E-state index in [1.807, 2.05) is 0 Å². The van der Waals surface area contributed by atoms with Gasteiger partial charge in [0.1, 0.15) is 12.0 Å². The van der Waals surface area contributed by atoms with Gasteiger partial charge in [-0.1, -0.05) is 0 Å². The molecule has 0 atom stereocenters. The molecule has 150 valence electrons. The van der Waals surface area contributed by atoms with E-state index in [1.54, 1.807) is 37.8 Å². The molecule has 11 heteroatoms. The molecule has 0 bridgehead atoms. The van der Waals surface area contributed by atoms with Crippen molar-refractivity contribution in [2.24, 2.45) is 7.05 Å². The normalized spacial score (nSPS) is 13.9. The molecule has 1 fully saturated rings. The minimum absolute atomic E-state index is 0.0984. The first-order chi connectivity index (χ1) is 14.1. The Bertz CT molecular complexity index is 1030. The summed E-state index contributed by atoms with van der Waals surface area (Å²) in [7, 11) is 1.70. The number of oxazole rings is 1. The number of hydrogen-bond acceptors (Lipinski definition) is 7. The van der Waals surface area contributed by atoms with E-state index in [4.69, 9.17) is 9.52 Å². The molecule has 3 aromatic rings. The lowest BCUT2D eigenvalue weighted by molar-refractivity contribution is 0.102. The van der Waals surface area contributed by atoms with Gasteiger partial charge < -0.3 is 19.7 Å². The maximum Gasteiger partial charge on any atom is 0.325 e. The van der Waals surface area contributed by atoms with Crippen molar-refractivity contribution in [1.82, 2.24) is 24.6 Å². The number of amides is 3. The first-order valence-corrected chi connectivity index (χ1v) is 8.95. The monoisotopic (exact) mass is 397 g/mol. The number of nitrogens with zero attached hydrogens (tertiary/aromatic N) is 6. The second kappa shape index (κ2) is 7.72. The summed E-state index contributed by atoms with van der Waals surface area (Å²) in [6.45, 7) is 1.02. The van der Waals surface area contributed by atoms with E-state index >= 15 is 0 Å². The van der Waals surface area contributed by atoms with Gasteiger partial charge in [0.25, 0.3) is 5.91 Å². The lowest BCUT2D eigenvalue weighted by Gasteiger charge is -2.17.